The first-order chi connectivity index (χ1) is 10.7. The topological polar surface area (TPSA) is 54.0 Å². The molecule has 0 aliphatic rings. The minimum absolute atomic E-state index is 0.190. The lowest BCUT2D eigenvalue weighted by atomic mass is 10.2. The number of benzene rings is 2. The normalized spacial score (nSPS) is 10.6. The average molecular weight is 311 g/mol. The van der Waals surface area contributed by atoms with Crippen molar-refractivity contribution < 1.29 is 4.79 Å². The Morgan fingerprint density at radius 1 is 1.14 bits per heavy atom. The molecule has 0 saturated carbocycles. The van der Waals surface area contributed by atoms with Crippen LogP contribution in [0, 0.1) is 6.92 Å². The molecule has 0 fully saturated rings. The third-order valence-corrected chi connectivity index (χ3v) is 4.37. The van der Waals surface area contributed by atoms with Crippen LogP contribution in [0.1, 0.15) is 10.6 Å². The summed E-state index contributed by atoms with van der Waals surface area (Å²) in [4.78, 5) is 16.4. The molecule has 5 heteroatoms. The van der Waals surface area contributed by atoms with Crippen molar-refractivity contribution in [3.05, 3.63) is 59.1 Å². The Morgan fingerprint density at radius 2 is 1.91 bits per heavy atom. The van der Waals surface area contributed by atoms with Crippen molar-refractivity contribution in [2.24, 2.45) is 0 Å². The maximum atomic E-state index is 11.8. The summed E-state index contributed by atoms with van der Waals surface area (Å²) in [5.41, 5.74) is 2.98. The van der Waals surface area contributed by atoms with E-state index in [9.17, 15) is 4.79 Å². The molecule has 0 bridgehead atoms. The lowest BCUT2D eigenvalue weighted by Crippen LogP contribution is -2.30. The van der Waals surface area contributed by atoms with Crippen LogP contribution in [0.5, 0.6) is 0 Å². The molecule has 0 unspecified atom stereocenters. The molecule has 112 valence electrons. The highest BCUT2D eigenvalue weighted by molar-refractivity contribution is 7.18. The van der Waals surface area contributed by atoms with E-state index in [2.05, 4.69) is 21.7 Å². The lowest BCUT2D eigenvalue weighted by Gasteiger charge is -2.07. The van der Waals surface area contributed by atoms with Gasteiger partial charge in [0.05, 0.1) is 15.2 Å². The number of anilines is 1. The molecule has 0 aliphatic heterocycles. The van der Waals surface area contributed by atoms with E-state index >= 15 is 0 Å². The van der Waals surface area contributed by atoms with Crippen molar-refractivity contribution in [3.8, 4) is 0 Å². The van der Waals surface area contributed by atoms with E-state index in [0.717, 1.165) is 22.6 Å². The number of nitrogens with zero attached hydrogens (tertiary/aromatic N) is 1. The van der Waals surface area contributed by atoms with E-state index in [1.165, 1.54) is 10.3 Å². The number of amides is 2. The predicted octanol–water partition coefficient (Wildman–Crippen LogP) is 3.97. The van der Waals surface area contributed by atoms with Gasteiger partial charge in [-0.2, -0.15) is 0 Å². The molecular formula is C17H17N3OS. The minimum atomic E-state index is -0.190. The summed E-state index contributed by atoms with van der Waals surface area (Å²) in [6.45, 7) is 2.58. The maximum absolute atomic E-state index is 11.8. The van der Waals surface area contributed by atoms with E-state index in [1.807, 2.05) is 49.4 Å². The van der Waals surface area contributed by atoms with Gasteiger partial charge in [-0.15, -0.1) is 11.3 Å². The molecule has 4 nitrogen and oxygen atoms in total. The summed E-state index contributed by atoms with van der Waals surface area (Å²) in [5, 5.41) is 6.71. The molecule has 0 radical (unpaired) electrons. The lowest BCUT2D eigenvalue weighted by molar-refractivity contribution is 0.252. The van der Waals surface area contributed by atoms with Crippen molar-refractivity contribution in [1.82, 2.24) is 10.3 Å². The summed E-state index contributed by atoms with van der Waals surface area (Å²) < 4.78 is 1.18. The summed E-state index contributed by atoms with van der Waals surface area (Å²) in [5.74, 6) is 0. The number of para-hydroxylation sites is 1. The van der Waals surface area contributed by atoms with Gasteiger partial charge in [-0.05, 0) is 31.2 Å². The third kappa shape index (κ3) is 3.62. The number of thiazole rings is 1. The largest absolute Gasteiger partial charge is 0.337 e. The highest BCUT2D eigenvalue weighted by atomic mass is 32.1. The second-order valence-corrected chi connectivity index (χ2v) is 6.19. The van der Waals surface area contributed by atoms with Crippen molar-refractivity contribution in [1.29, 1.82) is 0 Å². The van der Waals surface area contributed by atoms with Crippen LogP contribution in [0.4, 0.5) is 10.5 Å². The fourth-order valence-electron chi connectivity index (χ4n) is 2.12. The quantitative estimate of drug-likeness (QED) is 0.766. The van der Waals surface area contributed by atoms with Crippen LogP contribution in [-0.2, 0) is 6.42 Å². The Hall–Kier alpha value is -2.40. The van der Waals surface area contributed by atoms with Crippen molar-refractivity contribution in [2.75, 3.05) is 11.9 Å². The standard InChI is InChI=1S/C17H17N3OS/c1-12-6-8-13(9-7-12)19-17(21)18-11-10-16-20-14-4-2-3-5-15(14)22-16/h2-9H,10-11H2,1H3,(H2,18,19,21). The Labute approximate surface area is 133 Å². The van der Waals surface area contributed by atoms with Crippen LogP contribution in [0.15, 0.2) is 48.5 Å². The number of aryl methyl sites for hydroxylation is 1. The molecule has 0 aliphatic carbocycles. The fraction of sp³-hybridized carbons (Fsp3) is 0.176. The van der Waals surface area contributed by atoms with Gasteiger partial charge in [0.25, 0.3) is 0 Å². The van der Waals surface area contributed by atoms with E-state index in [4.69, 9.17) is 0 Å². The SMILES string of the molecule is Cc1ccc(NC(=O)NCCc2nc3ccccc3s2)cc1. The Kier molecular flexibility index (Phi) is 4.34. The van der Waals surface area contributed by atoms with Crippen LogP contribution in [0.3, 0.4) is 0 Å². The highest BCUT2D eigenvalue weighted by Crippen LogP contribution is 2.21. The maximum Gasteiger partial charge on any atom is 0.319 e. The molecule has 3 rings (SSSR count). The van der Waals surface area contributed by atoms with Gasteiger partial charge in [0.15, 0.2) is 0 Å². The molecular weight excluding hydrogens is 294 g/mol. The highest BCUT2D eigenvalue weighted by Gasteiger charge is 2.05. The van der Waals surface area contributed by atoms with Gasteiger partial charge in [0.1, 0.15) is 0 Å². The fourth-order valence-corrected chi connectivity index (χ4v) is 3.09. The molecule has 1 heterocycles. The van der Waals surface area contributed by atoms with Crippen molar-refractivity contribution >= 4 is 33.3 Å². The number of hydrogen-bond acceptors (Lipinski definition) is 3. The number of rotatable bonds is 4. The van der Waals surface area contributed by atoms with Crippen LogP contribution in [0.2, 0.25) is 0 Å². The smallest absolute Gasteiger partial charge is 0.319 e. The number of nitrogens with one attached hydrogen (secondary N) is 2. The van der Waals surface area contributed by atoms with Gasteiger partial charge < -0.3 is 10.6 Å². The minimum Gasteiger partial charge on any atom is -0.337 e. The van der Waals surface area contributed by atoms with E-state index in [1.54, 1.807) is 11.3 Å². The van der Waals surface area contributed by atoms with Gasteiger partial charge in [0.2, 0.25) is 0 Å². The Balaban J connectivity index is 1.49. The van der Waals surface area contributed by atoms with Crippen LogP contribution in [-0.4, -0.2) is 17.6 Å². The van der Waals surface area contributed by atoms with E-state index < -0.39 is 0 Å². The van der Waals surface area contributed by atoms with E-state index in [-0.39, 0.29) is 6.03 Å². The van der Waals surface area contributed by atoms with Crippen molar-refractivity contribution in [3.63, 3.8) is 0 Å². The van der Waals surface area contributed by atoms with Gasteiger partial charge in [-0.3, -0.25) is 0 Å². The first-order valence-corrected chi connectivity index (χ1v) is 7.98. The molecule has 2 aromatic carbocycles. The van der Waals surface area contributed by atoms with Crippen LogP contribution in [0.25, 0.3) is 10.2 Å². The number of urea groups is 1. The zero-order valence-electron chi connectivity index (χ0n) is 12.3. The molecule has 0 saturated heterocycles. The summed E-state index contributed by atoms with van der Waals surface area (Å²) in [6.07, 6.45) is 0.737. The van der Waals surface area contributed by atoms with Gasteiger partial charge in [-0.25, -0.2) is 9.78 Å². The number of carbonyl (C=O) groups is 1. The van der Waals surface area contributed by atoms with Crippen LogP contribution < -0.4 is 10.6 Å². The molecule has 1 aromatic heterocycles. The molecule has 3 aromatic rings. The van der Waals surface area contributed by atoms with Crippen LogP contribution >= 0.6 is 11.3 Å². The zero-order chi connectivity index (χ0) is 15.4. The monoisotopic (exact) mass is 311 g/mol. The molecule has 22 heavy (non-hydrogen) atoms. The third-order valence-electron chi connectivity index (χ3n) is 3.27. The van der Waals surface area contributed by atoms with Crippen molar-refractivity contribution in [2.45, 2.75) is 13.3 Å². The van der Waals surface area contributed by atoms with E-state index in [0.29, 0.717) is 6.54 Å². The van der Waals surface area contributed by atoms with Gasteiger partial charge in [-0.1, -0.05) is 29.8 Å². The average Bonchev–Trinajstić information content (AvgIpc) is 2.92. The summed E-state index contributed by atoms with van der Waals surface area (Å²) in [7, 11) is 0. The number of hydrogen-bond donors (Lipinski definition) is 2. The first kappa shape index (κ1) is 14.5. The number of carbonyl (C=O) groups excluding carboxylic acids is 1. The number of aromatic nitrogens is 1. The zero-order valence-corrected chi connectivity index (χ0v) is 13.1. The predicted molar refractivity (Wildman–Crippen MR) is 91.5 cm³/mol. The summed E-state index contributed by atoms with van der Waals surface area (Å²) in [6, 6.07) is 15.6. The van der Waals surface area contributed by atoms with Gasteiger partial charge in [0, 0.05) is 18.7 Å². The second kappa shape index (κ2) is 6.58. The molecule has 0 spiro atoms. The summed E-state index contributed by atoms with van der Waals surface area (Å²) >= 11 is 1.67. The Morgan fingerprint density at radius 3 is 2.68 bits per heavy atom. The molecule has 2 amide bonds. The Bertz CT molecular complexity index is 747. The molecule has 0 atom stereocenters. The first-order valence-electron chi connectivity index (χ1n) is 7.17. The number of fused-ring (bicyclic) bond motifs is 1. The second-order valence-electron chi connectivity index (χ2n) is 5.07. The van der Waals surface area contributed by atoms with Gasteiger partial charge >= 0.3 is 6.03 Å². The molecule has 2 N–H and O–H groups in total.